The van der Waals surface area contributed by atoms with Gasteiger partial charge in [0.2, 0.25) is 0 Å². The van der Waals surface area contributed by atoms with E-state index in [1.807, 2.05) is 12.1 Å². The van der Waals surface area contributed by atoms with Crippen molar-refractivity contribution in [2.75, 3.05) is 43.0 Å². The zero-order chi connectivity index (χ0) is 20.2. The number of carbonyl (C=O) groups is 2. The van der Waals surface area contributed by atoms with Crippen LogP contribution in [0, 0.1) is 0 Å². The molecule has 2 N–H and O–H groups in total. The lowest BCUT2D eigenvalue weighted by atomic mass is 10.1. The number of phenolic OH excluding ortho intramolecular Hbond substituents is 1. The van der Waals surface area contributed by atoms with Gasteiger partial charge in [0.25, 0.3) is 11.8 Å². The van der Waals surface area contributed by atoms with Crippen LogP contribution in [0.25, 0.3) is 0 Å². The lowest BCUT2D eigenvalue weighted by Gasteiger charge is -2.36. The summed E-state index contributed by atoms with van der Waals surface area (Å²) in [6.45, 7) is 3.06. The molecule has 0 spiro atoms. The molecular weight excluding hydrogens is 370 g/mol. The molecule has 4 rings (SSSR count). The number of piperazine rings is 1. The summed E-state index contributed by atoms with van der Waals surface area (Å²) in [5.41, 5.74) is 1.94. The van der Waals surface area contributed by atoms with Crippen molar-refractivity contribution in [1.29, 1.82) is 0 Å². The Morgan fingerprint density at radius 2 is 1.83 bits per heavy atom. The first-order chi connectivity index (χ1) is 14.1. The first kappa shape index (κ1) is 19.3. The first-order valence-corrected chi connectivity index (χ1v) is 9.96. The van der Waals surface area contributed by atoms with E-state index in [9.17, 15) is 14.7 Å². The molecule has 2 saturated heterocycles. The summed E-state index contributed by atoms with van der Waals surface area (Å²) in [7, 11) is 0. The molecule has 29 heavy (non-hydrogen) atoms. The maximum Gasteiger partial charge on any atom is 0.254 e. The normalized spacial score (nSPS) is 19.2. The largest absolute Gasteiger partial charge is 0.506 e. The Hall–Kier alpha value is -3.06. The van der Waals surface area contributed by atoms with Gasteiger partial charge in [0.15, 0.2) is 0 Å². The monoisotopic (exact) mass is 395 g/mol. The van der Waals surface area contributed by atoms with E-state index in [2.05, 4.69) is 10.2 Å². The third-order valence-corrected chi connectivity index (χ3v) is 5.39. The van der Waals surface area contributed by atoms with Gasteiger partial charge in [0.1, 0.15) is 11.9 Å². The molecule has 2 aliphatic rings. The van der Waals surface area contributed by atoms with Crippen molar-refractivity contribution in [2.45, 2.75) is 18.9 Å². The molecule has 2 heterocycles. The summed E-state index contributed by atoms with van der Waals surface area (Å²) in [6.07, 6.45) is 1.21. The lowest BCUT2D eigenvalue weighted by molar-refractivity contribution is -0.124. The molecule has 0 unspecified atom stereocenters. The van der Waals surface area contributed by atoms with Crippen LogP contribution < -0.4 is 10.2 Å². The fraction of sp³-hybridized carbons (Fsp3) is 0.364. The molecule has 7 heteroatoms. The van der Waals surface area contributed by atoms with E-state index >= 15 is 0 Å². The number of ether oxygens (including phenoxy) is 1. The van der Waals surface area contributed by atoms with Gasteiger partial charge in [-0.05, 0) is 43.2 Å². The molecule has 7 nitrogen and oxygen atoms in total. The Bertz CT molecular complexity index is 887. The van der Waals surface area contributed by atoms with E-state index < -0.39 is 6.10 Å². The molecule has 0 aromatic heterocycles. The number of nitrogens with one attached hydrogen (secondary N) is 1. The van der Waals surface area contributed by atoms with E-state index in [1.165, 1.54) is 0 Å². The van der Waals surface area contributed by atoms with Crippen LogP contribution in [-0.4, -0.2) is 60.7 Å². The fourth-order valence-electron chi connectivity index (χ4n) is 3.80. The number of hydrogen-bond donors (Lipinski definition) is 2. The Labute approximate surface area is 169 Å². The van der Waals surface area contributed by atoms with Gasteiger partial charge in [-0.15, -0.1) is 0 Å². The quantitative estimate of drug-likeness (QED) is 0.831. The van der Waals surface area contributed by atoms with Crippen molar-refractivity contribution in [1.82, 2.24) is 4.90 Å². The SMILES string of the molecule is O=C(Nc1cccc(C(=O)N2CCN(c3ccccc3O)CC2)c1)[C@H]1CCCO1. The molecule has 0 bridgehead atoms. The average molecular weight is 395 g/mol. The third-order valence-electron chi connectivity index (χ3n) is 5.39. The Morgan fingerprint density at radius 1 is 1.03 bits per heavy atom. The second kappa shape index (κ2) is 8.53. The molecule has 0 radical (unpaired) electrons. The number of anilines is 2. The average Bonchev–Trinajstić information content (AvgIpc) is 3.29. The Kier molecular flexibility index (Phi) is 5.67. The van der Waals surface area contributed by atoms with Gasteiger partial charge < -0.3 is 25.0 Å². The second-order valence-electron chi connectivity index (χ2n) is 7.34. The number of rotatable bonds is 4. The van der Waals surface area contributed by atoms with Crippen molar-refractivity contribution in [3.63, 3.8) is 0 Å². The van der Waals surface area contributed by atoms with E-state index in [4.69, 9.17) is 4.74 Å². The molecule has 1 atom stereocenters. The molecule has 0 saturated carbocycles. The first-order valence-electron chi connectivity index (χ1n) is 9.96. The van der Waals surface area contributed by atoms with Crippen LogP contribution in [0.4, 0.5) is 11.4 Å². The number of benzene rings is 2. The van der Waals surface area contributed by atoms with E-state index in [0.29, 0.717) is 44.0 Å². The van der Waals surface area contributed by atoms with Crippen molar-refractivity contribution in [2.24, 2.45) is 0 Å². The zero-order valence-electron chi connectivity index (χ0n) is 16.2. The number of aromatic hydroxyl groups is 1. The van der Waals surface area contributed by atoms with Crippen LogP contribution in [0.3, 0.4) is 0 Å². The van der Waals surface area contributed by atoms with Crippen LogP contribution in [0.15, 0.2) is 48.5 Å². The van der Waals surface area contributed by atoms with Crippen molar-refractivity contribution < 1.29 is 19.4 Å². The maximum atomic E-state index is 12.9. The van der Waals surface area contributed by atoms with Gasteiger partial charge in [0, 0.05) is 44.0 Å². The molecular formula is C22H25N3O4. The number of hydrogen-bond acceptors (Lipinski definition) is 5. The van der Waals surface area contributed by atoms with Crippen LogP contribution in [0.2, 0.25) is 0 Å². The smallest absolute Gasteiger partial charge is 0.254 e. The highest BCUT2D eigenvalue weighted by molar-refractivity contribution is 5.98. The minimum atomic E-state index is -0.406. The molecule has 2 aliphatic heterocycles. The predicted octanol–water partition coefficient (Wildman–Crippen LogP) is 2.47. The lowest BCUT2D eigenvalue weighted by Crippen LogP contribution is -2.48. The van der Waals surface area contributed by atoms with Crippen molar-refractivity contribution >= 4 is 23.2 Å². The number of carbonyl (C=O) groups excluding carboxylic acids is 2. The minimum absolute atomic E-state index is 0.0600. The van der Waals surface area contributed by atoms with Gasteiger partial charge in [-0.2, -0.15) is 0 Å². The van der Waals surface area contributed by atoms with Crippen LogP contribution in [-0.2, 0) is 9.53 Å². The number of amides is 2. The van der Waals surface area contributed by atoms with Crippen LogP contribution in [0.5, 0.6) is 5.75 Å². The fourth-order valence-corrected chi connectivity index (χ4v) is 3.80. The number of phenols is 1. The summed E-state index contributed by atoms with van der Waals surface area (Å²) in [4.78, 5) is 29.0. The van der Waals surface area contributed by atoms with Gasteiger partial charge in [0.05, 0.1) is 5.69 Å². The van der Waals surface area contributed by atoms with Gasteiger partial charge >= 0.3 is 0 Å². The topological polar surface area (TPSA) is 82.1 Å². The molecule has 2 aromatic rings. The molecule has 2 fully saturated rings. The summed E-state index contributed by atoms with van der Waals surface area (Å²) < 4.78 is 5.41. The molecule has 0 aliphatic carbocycles. The van der Waals surface area contributed by atoms with Gasteiger partial charge in [-0.1, -0.05) is 18.2 Å². The summed E-state index contributed by atoms with van der Waals surface area (Å²) in [5, 5.41) is 12.9. The van der Waals surface area contributed by atoms with Crippen LogP contribution >= 0.6 is 0 Å². The second-order valence-corrected chi connectivity index (χ2v) is 7.34. The number of nitrogens with zero attached hydrogens (tertiary/aromatic N) is 2. The maximum absolute atomic E-state index is 12.9. The standard InChI is InChI=1S/C22H25N3O4/c26-19-8-2-1-7-18(19)24-10-12-25(13-11-24)22(28)16-5-3-6-17(15-16)23-21(27)20-9-4-14-29-20/h1-3,5-8,15,20,26H,4,9-14H2,(H,23,27)/t20-/m1/s1. The van der Waals surface area contributed by atoms with Crippen molar-refractivity contribution in [3.8, 4) is 5.75 Å². The number of para-hydroxylation sites is 2. The van der Waals surface area contributed by atoms with Crippen molar-refractivity contribution in [3.05, 3.63) is 54.1 Å². The van der Waals surface area contributed by atoms with E-state index in [0.717, 1.165) is 18.5 Å². The zero-order valence-corrected chi connectivity index (χ0v) is 16.2. The summed E-state index contributed by atoms with van der Waals surface area (Å²) in [5.74, 6) is 0.0282. The molecule has 2 aromatic carbocycles. The van der Waals surface area contributed by atoms with E-state index in [1.54, 1.807) is 41.3 Å². The molecule has 2 amide bonds. The van der Waals surface area contributed by atoms with E-state index in [-0.39, 0.29) is 17.6 Å². The highest BCUT2D eigenvalue weighted by atomic mass is 16.5. The van der Waals surface area contributed by atoms with Gasteiger partial charge in [-0.3, -0.25) is 9.59 Å². The predicted molar refractivity (Wildman–Crippen MR) is 110 cm³/mol. The summed E-state index contributed by atoms with van der Waals surface area (Å²) >= 11 is 0. The van der Waals surface area contributed by atoms with Crippen LogP contribution in [0.1, 0.15) is 23.2 Å². The Balaban J connectivity index is 1.37. The third kappa shape index (κ3) is 4.35. The van der Waals surface area contributed by atoms with Gasteiger partial charge in [-0.25, -0.2) is 0 Å². The minimum Gasteiger partial charge on any atom is -0.506 e. The highest BCUT2D eigenvalue weighted by Crippen LogP contribution is 2.27. The Morgan fingerprint density at radius 3 is 2.55 bits per heavy atom. The summed E-state index contributed by atoms with van der Waals surface area (Å²) in [6, 6.07) is 14.3. The highest BCUT2D eigenvalue weighted by Gasteiger charge is 2.25. The molecule has 152 valence electrons.